The van der Waals surface area contributed by atoms with Crippen molar-refractivity contribution >= 4 is 41.2 Å². The number of nitrogens with zero attached hydrogens (tertiary/aromatic N) is 5. The van der Waals surface area contributed by atoms with Gasteiger partial charge in [-0.2, -0.15) is 9.48 Å². The predicted molar refractivity (Wildman–Crippen MR) is 150 cm³/mol. The molecule has 0 saturated heterocycles. The first-order valence-corrected chi connectivity index (χ1v) is 13.5. The number of aliphatic imine (C=N–C) groups is 1. The van der Waals surface area contributed by atoms with Gasteiger partial charge in [-0.15, -0.1) is 11.3 Å². The van der Waals surface area contributed by atoms with Crippen LogP contribution in [0.5, 0.6) is 0 Å². The molecule has 1 aromatic heterocycles. The topological polar surface area (TPSA) is 106 Å². The van der Waals surface area contributed by atoms with E-state index in [4.69, 9.17) is 0 Å². The van der Waals surface area contributed by atoms with Crippen LogP contribution in [0.4, 0.5) is 21.0 Å². The number of hydrogen-bond donors (Lipinski definition) is 2. The van der Waals surface area contributed by atoms with Crippen molar-refractivity contribution in [1.29, 1.82) is 0 Å². The van der Waals surface area contributed by atoms with E-state index in [0.29, 0.717) is 13.0 Å². The summed E-state index contributed by atoms with van der Waals surface area (Å²) in [5.41, 5.74) is 4.05. The first kappa shape index (κ1) is 27.4. The van der Waals surface area contributed by atoms with Crippen LogP contribution in [0.1, 0.15) is 24.3 Å². The quantitative estimate of drug-likeness (QED) is 0.355. The van der Waals surface area contributed by atoms with Crippen LogP contribution in [-0.4, -0.2) is 75.7 Å². The summed E-state index contributed by atoms with van der Waals surface area (Å²) < 4.78 is -0.150. The van der Waals surface area contributed by atoms with Gasteiger partial charge in [-0.1, -0.05) is 56.3 Å². The molecule has 10 heteroatoms. The number of hydrogen-bond acceptors (Lipinski definition) is 6. The van der Waals surface area contributed by atoms with Gasteiger partial charge >= 0.3 is 12.1 Å². The lowest BCUT2D eigenvalue weighted by molar-refractivity contribution is 0.0265. The van der Waals surface area contributed by atoms with Crippen LogP contribution < -0.4 is 4.48 Å². The third-order valence-corrected chi connectivity index (χ3v) is 7.42. The zero-order chi connectivity index (χ0) is 27.3. The van der Waals surface area contributed by atoms with Gasteiger partial charge < -0.3 is 10.2 Å². The van der Waals surface area contributed by atoms with E-state index >= 15 is 0 Å². The van der Waals surface area contributed by atoms with Crippen LogP contribution in [0, 0.1) is 5.92 Å². The summed E-state index contributed by atoms with van der Waals surface area (Å²) in [6, 6.07) is 16.0. The minimum atomic E-state index is -1.14. The van der Waals surface area contributed by atoms with Gasteiger partial charge in [0.1, 0.15) is 5.69 Å². The number of rotatable bonds is 10. The number of carbonyl (C=O) groups excluding carboxylic acids is 1. The zero-order valence-electron chi connectivity index (χ0n) is 21.8. The minimum Gasteiger partial charge on any atom is -0.465 e. The van der Waals surface area contributed by atoms with Crippen molar-refractivity contribution in [2.75, 3.05) is 20.1 Å². The van der Waals surface area contributed by atoms with Crippen LogP contribution in [-0.2, 0) is 13.0 Å². The van der Waals surface area contributed by atoms with Crippen molar-refractivity contribution in [2.24, 2.45) is 10.9 Å². The lowest BCUT2D eigenvalue weighted by Crippen LogP contribution is -2.59. The summed E-state index contributed by atoms with van der Waals surface area (Å²) in [5.74, 6) is 0.132. The number of carboxylic acid groups (broad SMARTS) is 1. The third-order valence-electron chi connectivity index (χ3n) is 6.66. The van der Waals surface area contributed by atoms with E-state index in [9.17, 15) is 19.8 Å². The fourth-order valence-corrected chi connectivity index (χ4v) is 5.39. The molecule has 1 aliphatic rings. The van der Waals surface area contributed by atoms with Gasteiger partial charge in [-0.05, 0) is 24.0 Å². The average molecular weight is 537 g/mol. The second kappa shape index (κ2) is 11.8. The van der Waals surface area contributed by atoms with Crippen molar-refractivity contribution in [3.8, 4) is 0 Å². The molecule has 2 heterocycles. The second-order valence-corrected chi connectivity index (χ2v) is 11.1. The summed E-state index contributed by atoms with van der Waals surface area (Å²) in [4.78, 5) is 38.6. The standard InChI is InChI=1S/C28H33N5O4S/c1-20(2)15-31(27(35)33(3)18-30-23-11-7-8-12-25(23)33)17-26(34)24(13-21-9-5-4-6-10-21)32(28(36)37)16-22-14-29-19-38-22/h4-12,14,18-20,24,26,34H,13,15-17H2,1-3H3/p+1/t24-,26-,33?/m0/s1. The fourth-order valence-electron chi connectivity index (χ4n) is 4.80. The smallest absolute Gasteiger partial charge is 0.430 e. The zero-order valence-corrected chi connectivity index (χ0v) is 22.7. The molecule has 0 fully saturated rings. The summed E-state index contributed by atoms with van der Waals surface area (Å²) in [6.07, 6.45) is 1.27. The van der Waals surface area contributed by atoms with Gasteiger partial charge in [0, 0.05) is 23.7 Å². The van der Waals surface area contributed by atoms with Gasteiger partial charge in [0.05, 0.1) is 37.8 Å². The van der Waals surface area contributed by atoms with E-state index in [-0.39, 0.29) is 29.5 Å². The van der Waals surface area contributed by atoms with Crippen molar-refractivity contribution in [2.45, 2.75) is 39.0 Å². The number of benzene rings is 2. The van der Waals surface area contributed by atoms with Crippen molar-refractivity contribution < 1.29 is 19.8 Å². The van der Waals surface area contributed by atoms with Crippen molar-refractivity contribution in [1.82, 2.24) is 19.3 Å². The molecule has 1 unspecified atom stereocenters. The van der Waals surface area contributed by atoms with Crippen LogP contribution >= 0.6 is 11.3 Å². The number of fused-ring (bicyclic) bond motifs is 1. The highest BCUT2D eigenvalue weighted by molar-refractivity contribution is 7.09. The molecule has 3 aromatic rings. The number of carbonyl (C=O) groups is 2. The predicted octanol–water partition coefficient (Wildman–Crippen LogP) is 4.98. The van der Waals surface area contributed by atoms with E-state index in [0.717, 1.165) is 21.8 Å². The Morgan fingerprint density at radius 3 is 2.42 bits per heavy atom. The normalized spacial score (nSPS) is 17.7. The van der Waals surface area contributed by atoms with Gasteiger partial charge in [-0.25, -0.2) is 9.59 Å². The largest absolute Gasteiger partial charge is 0.465 e. The number of thiazole rings is 1. The number of para-hydroxylation sites is 2. The van der Waals surface area contributed by atoms with Crippen LogP contribution in [0.25, 0.3) is 0 Å². The van der Waals surface area contributed by atoms with E-state index in [2.05, 4.69) is 9.98 Å². The average Bonchev–Trinajstić information content (AvgIpc) is 3.54. The SMILES string of the molecule is CC(C)CN(C[C@H](O)[C@H](Cc1ccccc1)N(Cc1cncs1)C(=O)O)C(=O)[N+]1(C)C=Nc2ccccc21. The Hall–Kier alpha value is -3.60. The lowest BCUT2D eigenvalue weighted by atomic mass is 9.99. The highest BCUT2D eigenvalue weighted by Gasteiger charge is 2.44. The summed E-state index contributed by atoms with van der Waals surface area (Å²) >= 11 is 1.36. The van der Waals surface area contributed by atoms with E-state index < -0.39 is 18.2 Å². The Morgan fingerprint density at radius 2 is 1.76 bits per heavy atom. The maximum atomic E-state index is 14.0. The third kappa shape index (κ3) is 6.09. The summed E-state index contributed by atoms with van der Waals surface area (Å²) in [6.45, 7) is 4.49. The van der Waals surface area contributed by atoms with E-state index in [1.807, 2.05) is 68.4 Å². The molecule has 3 atom stereocenters. The van der Waals surface area contributed by atoms with Gasteiger partial charge in [-0.3, -0.25) is 14.8 Å². The van der Waals surface area contributed by atoms with Crippen LogP contribution in [0.15, 0.2) is 71.3 Å². The second-order valence-electron chi connectivity index (χ2n) is 10.1. The molecule has 0 radical (unpaired) electrons. The monoisotopic (exact) mass is 536 g/mol. The summed E-state index contributed by atoms with van der Waals surface area (Å²) in [7, 11) is 1.78. The minimum absolute atomic E-state index is 0.0230. The van der Waals surface area contributed by atoms with Gasteiger partial charge in [0.15, 0.2) is 5.69 Å². The highest BCUT2D eigenvalue weighted by Crippen LogP contribution is 2.37. The molecule has 0 spiro atoms. The molecular weight excluding hydrogens is 502 g/mol. The molecule has 2 aromatic carbocycles. The first-order chi connectivity index (χ1) is 18.2. The van der Waals surface area contributed by atoms with Crippen LogP contribution in [0.3, 0.4) is 0 Å². The van der Waals surface area contributed by atoms with E-state index in [1.54, 1.807) is 30.0 Å². The molecule has 38 heavy (non-hydrogen) atoms. The molecule has 200 valence electrons. The first-order valence-electron chi connectivity index (χ1n) is 12.6. The number of amides is 3. The number of aliphatic hydroxyl groups excluding tert-OH is 1. The molecule has 0 aliphatic carbocycles. The Kier molecular flexibility index (Phi) is 8.55. The molecule has 9 nitrogen and oxygen atoms in total. The molecule has 3 amide bonds. The van der Waals surface area contributed by atoms with Crippen LogP contribution in [0.2, 0.25) is 0 Å². The Morgan fingerprint density at radius 1 is 1.05 bits per heavy atom. The molecule has 2 N–H and O–H groups in total. The fraction of sp³-hybridized carbons (Fsp3) is 0.357. The van der Waals surface area contributed by atoms with E-state index in [1.165, 1.54) is 16.2 Å². The number of urea groups is 1. The maximum absolute atomic E-state index is 14.0. The molecule has 1 aliphatic heterocycles. The Balaban J connectivity index is 1.64. The summed E-state index contributed by atoms with van der Waals surface area (Å²) in [5, 5.41) is 21.8. The molecule has 4 rings (SSSR count). The number of aromatic nitrogens is 1. The van der Waals surface area contributed by atoms with Crippen molar-refractivity contribution in [3.63, 3.8) is 0 Å². The highest BCUT2D eigenvalue weighted by atomic mass is 32.1. The van der Waals surface area contributed by atoms with Crippen molar-refractivity contribution in [3.05, 3.63) is 76.7 Å². The Labute approximate surface area is 226 Å². The molecular formula is C28H34N5O4S+. The number of aliphatic hydroxyl groups is 1. The van der Waals surface area contributed by atoms with Gasteiger partial charge in [0.2, 0.25) is 6.34 Å². The molecule has 0 bridgehead atoms. The maximum Gasteiger partial charge on any atom is 0.430 e. The Bertz CT molecular complexity index is 1270. The van der Waals surface area contributed by atoms with Gasteiger partial charge in [0.25, 0.3) is 0 Å². The lowest BCUT2D eigenvalue weighted by Gasteiger charge is -2.37. The molecule has 0 saturated carbocycles. The number of quaternary nitrogens is 1.